The van der Waals surface area contributed by atoms with E-state index in [9.17, 15) is 4.39 Å². The Bertz CT molecular complexity index is 1130. The minimum absolute atomic E-state index is 0.298. The van der Waals surface area contributed by atoms with Crippen molar-refractivity contribution in [2.45, 2.75) is 6.92 Å². The summed E-state index contributed by atoms with van der Waals surface area (Å²) in [5.74, 6) is 0.263. The van der Waals surface area contributed by atoms with Crippen LogP contribution in [0.5, 0.6) is 5.88 Å². The molecule has 5 nitrogen and oxygen atoms in total. The third-order valence-corrected chi connectivity index (χ3v) is 4.30. The lowest BCUT2D eigenvalue weighted by Gasteiger charge is -2.10. The number of hydrogen-bond donors (Lipinski definition) is 1. The number of halogens is 1. The number of anilines is 2. The van der Waals surface area contributed by atoms with Gasteiger partial charge in [0.2, 0.25) is 5.88 Å². The van der Waals surface area contributed by atoms with Crippen LogP contribution in [0.15, 0.2) is 79.4 Å². The zero-order valence-electron chi connectivity index (χ0n) is 15.8. The molecule has 4 aromatic rings. The summed E-state index contributed by atoms with van der Waals surface area (Å²) < 4.78 is 19.6. The molecule has 3 heterocycles. The van der Waals surface area contributed by atoms with Crippen LogP contribution in [0, 0.1) is 5.82 Å². The van der Waals surface area contributed by atoms with Gasteiger partial charge in [-0.2, -0.15) is 0 Å². The van der Waals surface area contributed by atoms with E-state index in [1.165, 1.54) is 6.07 Å². The van der Waals surface area contributed by atoms with Crippen molar-refractivity contribution < 1.29 is 9.13 Å². The number of ether oxygens (including phenoxy) is 1. The Morgan fingerprint density at radius 1 is 0.897 bits per heavy atom. The van der Waals surface area contributed by atoms with Crippen molar-refractivity contribution in [1.29, 1.82) is 0 Å². The fraction of sp³-hybridized carbons (Fsp3) is 0.0870. The summed E-state index contributed by atoms with van der Waals surface area (Å²) in [4.78, 5) is 12.8. The van der Waals surface area contributed by atoms with Gasteiger partial charge in [0.25, 0.3) is 0 Å². The number of pyridine rings is 3. The topological polar surface area (TPSA) is 59.9 Å². The van der Waals surface area contributed by atoms with Gasteiger partial charge in [-0.15, -0.1) is 0 Å². The molecule has 0 bridgehead atoms. The Labute approximate surface area is 168 Å². The highest BCUT2D eigenvalue weighted by Gasteiger charge is 2.08. The van der Waals surface area contributed by atoms with Crippen molar-refractivity contribution in [3.63, 3.8) is 0 Å². The molecular formula is C23H19FN4O. The second-order valence-electron chi connectivity index (χ2n) is 6.31. The summed E-state index contributed by atoms with van der Waals surface area (Å²) in [6.45, 7) is 2.47. The molecule has 0 fully saturated rings. The van der Waals surface area contributed by atoms with E-state index in [-0.39, 0.29) is 5.82 Å². The van der Waals surface area contributed by atoms with Gasteiger partial charge < -0.3 is 10.1 Å². The molecule has 6 heteroatoms. The normalized spacial score (nSPS) is 10.6. The first-order valence-corrected chi connectivity index (χ1v) is 9.25. The molecule has 0 unspecified atom stereocenters. The van der Waals surface area contributed by atoms with E-state index in [4.69, 9.17) is 4.74 Å². The number of nitrogens with zero attached hydrogens (tertiary/aromatic N) is 3. The highest BCUT2D eigenvalue weighted by molar-refractivity contribution is 5.73. The second kappa shape index (κ2) is 8.48. The molecule has 0 radical (unpaired) electrons. The molecule has 29 heavy (non-hydrogen) atoms. The quantitative estimate of drug-likeness (QED) is 0.475. The summed E-state index contributed by atoms with van der Waals surface area (Å²) in [6.07, 6.45) is 6.87. The van der Waals surface area contributed by atoms with Crippen LogP contribution in [0.2, 0.25) is 0 Å². The zero-order valence-corrected chi connectivity index (χ0v) is 15.8. The predicted molar refractivity (Wildman–Crippen MR) is 112 cm³/mol. The van der Waals surface area contributed by atoms with E-state index in [1.54, 1.807) is 43.0 Å². The molecule has 0 amide bonds. The third-order valence-electron chi connectivity index (χ3n) is 4.30. The lowest BCUT2D eigenvalue weighted by Crippen LogP contribution is -1.97. The molecular weight excluding hydrogens is 367 g/mol. The van der Waals surface area contributed by atoms with E-state index < -0.39 is 0 Å². The molecule has 144 valence electrons. The van der Waals surface area contributed by atoms with Gasteiger partial charge in [0.05, 0.1) is 24.2 Å². The van der Waals surface area contributed by atoms with Crippen LogP contribution in [-0.4, -0.2) is 21.6 Å². The van der Waals surface area contributed by atoms with Gasteiger partial charge in [0, 0.05) is 41.5 Å². The van der Waals surface area contributed by atoms with E-state index in [0.29, 0.717) is 23.7 Å². The highest BCUT2D eigenvalue weighted by Crippen LogP contribution is 2.28. The van der Waals surface area contributed by atoms with E-state index in [2.05, 4.69) is 20.3 Å². The Kier molecular flexibility index (Phi) is 5.42. The first kappa shape index (κ1) is 18.6. The second-order valence-corrected chi connectivity index (χ2v) is 6.31. The third kappa shape index (κ3) is 4.38. The molecule has 1 aromatic carbocycles. The van der Waals surface area contributed by atoms with Crippen molar-refractivity contribution in [1.82, 2.24) is 15.0 Å². The molecule has 0 spiro atoms. The van der Waals surface area contributed by atoms with Gasteiger partial charge in [-0.1, -0.05) is 12.1 Å². The average Bonchev–Trinajstić information content (AvgIpc) is 2.75. The maximum absolute atomic E-state index is 14.1. The maximum atomic E-state index is 14.1. The van der Waals surface area contributed by atoms with E-state index >= 15 is 0 Å². The zero-order chi connectivity index (χ0) is 20.1. The van der Waals surface area contributed by atoms with Gasteiger partial charge >= 0.3 is 0 Å². The average molecular weight is 386 g/mol. The fourth-order valence-electron chi connectivity index (χ4n) is 2.97. The van der Waals surface area contributed by atoms with E-state index in [1.807, 2.05) is 37.3 Å². The summed E-state index contributed by atoms with van der Waals surface area (Å²) in [5.41, 5.74) is 4.52. The number of benzene rings is 1. The van der Waals surface area contributed by atoms with Crippen LogP contribution in [0.1, 0.15) is 6.92 Å². The van der Waals surface area contributed by atoms with Crippen LogP contribution in [0.4, 0.5) is 15.8 Å². The largest absolute Gasteiger partial charge is 0.478 e. The fourth-order valence-corrected chi connectivity index (χ4v) is 2.97. The number of rotatable bonds is 6. The minimum atomic E-state index is -0.298. The molecule has 0 aliphatic heterocycles. The minimum Gasteiger partial charge on any atom is -0.478 e. The van der Waals surface area contributed by atoms with Crippen molar-refractivity contribution in [2.75, 3.05) is 11.9 Å². The van der Waals surface area contributed by atoms with Crippen LogP contribution < -0.4 is 10.1 Å². The van der Waals surface area contributed by atoms with Crippen LogP contribution in [0.25, 0.3) is 22.4 Å². The predicted octanol–water partition coefficient (Wildman–Crippen LogP) is 5.49. The molecule has 0 atom stereocenters. The molecule has 0 aliphatic rings. The smallest absolute Gasteiger partial charge is 0.215 e. The van der Waals surface area contributed by atoms with Crippen molar-refractivity contribution >= 4 is 11.4 Å². The summed E-state index contributed by atoms with van der Waals surface area (Å²) in [6, 6.07) is 16.0. The Balaban J connectivity index is 1.62. The molecule has 0 aliphatic carbocycles. The Morgan fingerprint density at radius 3 is 2.62 bits per heavy atom. The number of hydrogen-bond acceptors (Lipinski definition) is 5. The van der Waals surface area contributed by atoms with Crippen molar-refractivity contribution in [2.24, 2.45) is 0 Å². The molecule has 0 saturated heterocycles. The van der Waals surface area contributed by atoms with Crippen molar-refractivity contribution in [3.8, 4) is 28.3 Å². The highest BCUT2D eigenvalue weighted by atomic mass is 19.1. The first-order valence-electron chi connectivity index (χ1n) is 9.25. The monoisotopic (exact) mass is 386 g/mol. The van der Waals surface area contributed by atoms with Gasteiger partial charge in [0.1, 0.15) is 5.82 Å². The van der Waals surface area contributed by atoms with Crippen LogP contribution in [0.3, 0.4) is 0 Å². The van der Waals surface area contributed by atoms with E-state index in [0.717, 1.165) is 22.5 Å². The summed E-state index contributed by atoms with van der Waals surface area (Å²) in [7, 11) is 0. The van der Waals surface area contributed by atoms with Gasteiger partial charge in [-0.3, -0.25) is 9.97 Å². The van der Waals surface area contributed by atoms with Crippen LogP contribution >= 0.6 is 0 Å². The molecule has 0 saturated carbocycles. The Hall–Kier alpha value is -3.80. The Morgan fingerprint density at radius 2 is 1.76 bits per heavy atom. The molecule has 3 aromatic heterocycles. The maximum Gasteiger partial charge on any atom is 0.215 e. The van der Waals surface area contributed by atoms with Crippen molar-refractivity contribution in [3.05, 3.63) is 85.2 Å². The molecule has 4 rings (SSSR count). The van der Waals surface area contributed by atoms with Gasteiger partial charge in [-0.25, -0.2) is 9.37 Å². The number of aromatic nitrogens is 3. The van der Waals surface area contributed by atoms with Gasteiger partial charge in [-0.05, 0) is 48.9 Å². The van der Waals surface area contributed by atoms with Gasteiger partial charge in [0.15, 0.2) is 0 Å². The van der Waals surface area contributed by atoms with Crippen LogP contribution in [-0.2, 0) is 0 Å². The lowest BCUT2D eigenvalue weighted by atomic mass is 10.0. The molecule has 1 N–H and O–H groups in total. The summed E-state index contributed by atoms with van der Waals surface area (Å²) in [5, 5.41) is 3.31. The standard InChI is InChI=1S/C23H19FN4O/c1-2-29-23-13-18(8-10-27-23)28-19-11-17(14-25-15-19)16-7-9-26-22(12-16)20-5-3-4-6-21(20)24/h3-15H,2H2,1H3,(H,27,28). The lowest BCUT2D eigenvalue weighted by molar-refractivity contribution is 0.327. The SMILES string of the molecule is CCOc1cc(Nc2cncc(-c3ccnc(-c4ccccc4F)c3)c2)ccn1. The summed E-state index contributed by atoms with van der Waals surface area (Å²) >= 11 is 0. The first-order chi connectivity index (χ1) is 14.2. The number of nitrogens with one attached hydrogen (secondary N) is 1.